The van der Waals surface area contributed by atoms with Gasteiger partial charge in [0.2, 0.25) is 0 Å². The Balaban J connectivity index is 1.88. The maximum Gasteiger partial charge on any atom is 0.263 e. The fourth-order valence-corrected chi connectivity index (χ4v) is 4.45. The summed E-state index contributed by atoms with van der Waals surface area (Å²) in [5.74, 6) is 0.217. The lowest BCUT2D eigenvalue weighted by Gasteiger charge is -2.08. The number of thiophene rings is 1. The number of anilines is 1. The Morgan fingerprint density at radius 1 is 1.59 bits per heavy atom. The van der Waals surface area contributed by atoms with Crippen molar-refractivity contribution in [3.05, 3.63) is 16.3 Å². The van der Waals surface area contributed by atoms with Crippen molar-refractivity contribution in [2.24, 2.45) is 5.92 Å². The molecule has 1 amide bonds. The number of sulfone groups is 1. The molecule has 17 heavy (non-hydrogen) atoms. The van der Waals surface area contributed by atoms with Crippen LogP contribution in [0.1, 0.15) is 16.1 Å². The van der Waals surface area contributed by atoms with E-state index in [0.717, 1.165) is 0 Å². The number of nitrogens with one attached hydrogen (secondary N) is 1. The lowest BCUT2D eigenvalue weighted by molar-refractivity contribution is 0.0953. The Hall–Kier alpha value is -1.08. The summed E-state index contributed by atoms with van der Waals surface area (Å²) in [6, 6.07) is 1.68. The number of rotatable bonds is 3. The molecule has 0 radical (unpaired) electrons. The Morgan fingerprint density at radius 3 is 2.88 bits per heavy atom. The molecule has 0 aromatic carbocycles. The first-order valence-electron chi connectivity index (χ1n) is 5.29. The minimum atomic E-state index is -2.88. The van der Waals surface area contributed by atoms with Gasteiger partial charge >= 0.3 is 0 Å². The van der Waals surface area contributed by atoms with Gasteiger partial charge in [0.1, 0.15) is 4.88 Å². The standard InChI is InChI=1S/C10H14N2O3S2/c11-8-1-3-16-9(8)10(13)12-5-7-2-4-17(14,15)6-7/h1,3,7H,2,4-6,11H2,(H,12,13). The van der Waals surface area contributed by atoms with Crippen molar-refractivity contribution >= 4 is 32.8 Å². The average Bonchev–Trinajstić information content (AvgIpc) is 2.81. The summed E-state index contributed by atoms with van der Waals surface area (Å²) in [6.45, 7) is 0.398. The van der Waals surface area contributed by atoms with Crippen LogP contribution in [-0.2, 0) is 9.84 Å². The molecule has 0 aliphatic carbocycles. The average molecular weight is 274 g/mol. The van der Waals surface area contributed by atoms with Crippen LogP contribution >= 0.6 is 11.3 Å². The Kier molecular flexibility index (Phi) is 3.39. The number of carbonyl (C=O) groups excluding carboxylic acids is 1. The van der Waals surface area contributed by atoms with Gasteiger partial charge < -0.3 is 11.1 Å². The molecular weight excluding hydrogens is 260 g/mol. The van der Waals surface area contributed by atoms with Crippen molar-refractivity contribution in [3.63, 3.8) is 0 Å². The molecule has 0 spiro atoms. The third-order valence-corrected chi connectivity index (χ3v) is 5.55. The van der Waals surface area contributed by atoms with Gasteiger partial charge in [0.15, 0.2) is 9.84 Å². The Labute approximate surface area is 104 Å². The number of hydrogen-bond acceptors (Lipinski definition) is 5. The van der Waals surface area contributed by atoms with E-state index < -0.39 is 9.84 Å². The maximum atomic E-state index is 11.7. The summed E-state index contributed by atoms with van der Waals surface area (Å²) in [4.78, 5) is 12.2. The van der Waals surface area contributed by atoms with Crippen LogP contribution in [-0.4, -0.2) is 32.4 Å². The maximum absolute atomic E-state index is 11.7. The van der Waals surface area contributed by atoms with Gasteiger partial charge in [0.05, 0.1) is 17.2 Å². The molecule has 0 bridgehead atoms. The third-order valence-electron chi connectivity index (χ3n) is 2.78. The van der Waals surface area contributed by atoms with Gasteiger partial charge in [0.25, 0.3) is 5.91 Å². The number of carbonyl (C=O) groups is 1. The van der Waals surface area contributed by atoms with Gasteiger partial charge in [-0.2, -0.15) is 0 Å². The molecule has 94 valence electrons. The second-order valence-electron chi connectivity index (χ2n) is 4.18. The van der Waals surface area contributed by atoms with E-state index in [1.54, 1.807) is 11.4 Å². The normalized spacial score (nSPS) is 22.5. The Morgan fingerprint density at radius 2 is 2.35 bits per heavy atom. The number of nitrogen functional groups attached to an aromatic ring is 1. The highest BCUT2D eigenvalue weighted by atomic mass is 32.2. The first-order chi connectivity index (χ1) is 7.98. The van der Waals surface area contributed by atoms with Crippen LogP contribution in [0.2, 0.25) is 0 Å². The fourth-order valence-electron chi connectivity index (χ4n) is 1.85. The molecular formula is C10H14N2O3S2. The second kappa shape index (κ2) is 4.66. The molecule has 1 saturated heterocycles. The van der Waals surface area contributed by atoms with E-state index >= 15 is 0 Å². The van der Waals surface area contributed by atoms with E-state index in [1.165, 1.54) is 11.3 Å². The third kappa shape index (κ3) is 2.98. The molecule has 1 aromatic heterocycles. The van der Waals surface area contributed by atoms with E-state index in [9.17, 15) is 13.2 Å². The van der Waals surface area contributed by atoms with Gasteiger partial charge in [-0.1, -0.05) is 0 Å². The van der Waals surface area contributed by atoms with Gasteiger partial charge in [0, 0.05) is 6.54 Å². The molecule has 3 N–H and O–H groups in total. The zero-order chi connectivity index (χ0) is 12.5. The van der Waals surface area contributed by atoms with Crippen molar-refractivity contribution < 1.29 is 13.2 Å². The van der Waals surface area contributed by atoms with Gasteiger partial charge in [-0.15, -0.1) is 11.3 Å². The van der Waals surface area contributed by atoms with Crippen molar-refractivity contribution in [1.29, 1.82) is 0 Å². The summed E-state index contributed by atoms with van der Waals surface area (Å²) in [7, 11) is -2.88. The number of hydrogen-bond donors (Lipinski definition) is 2. The Bertz CT molecular complexity index is 521. The smallest absolute Gasteiger partial charge is 0.263 e. The first-order valence-corrected chi connectivity index (χ1v) is 7.99. The minimum absolute atomic E-state index is 0.0325. The van der Waals surface area contributed by atoms with E-state index in [4.69, 9.17) is 5.73 Å². The molecule has 2 heterocycles. The number of nitrogens with two attached hydrogens (primary N) is 1. The van der Waals surface area contributed by atoms with Crippen molar-refractivity contribution in [1.82, 2.24) is 5.32 Å². The van der Waals surface area contributed by atoms with Crippen molar-refractivity contribution in [2.45, 2.75) is 6.42 Å². The molecule has 2 rings (SSSR count). The fraction of sp³-hybridized carbons (Fsp3) is 0.500. The van der Waals surface area contributed by atoms with Crippen LogP contribution in [0.25, 0.3) is 0 Å². The van der Waals surface area contributed by atoms with Crippen LogP contribution < -0.4 is 11.1 Å². The van der Waals surface area contributed by atoms with E-state index in [2.05, 4.69) is 5.32 Å². The molecule has 1 atom stereocenters. The van der Waals surface area contributed by atoms with Crippen LogP contribution in [0.15, 0.2) is 11.4 Å². The van der Waals surface area contributed by atoms with Crippen LogP contribution in [0.4, 0.5) is 5.69 Å². The van der Waals surface area contributed by atoms with Crippen molar-refractivity contribution in [3.8, 4) is 0 Å². The molecule has 1 fully saturated rings. The zero-order valence-electron chi connectivity index (χ0n) is 9.18. The highest BCUT2D eigenvalue weighted by Gasteiger charge is 2.28. The summed E-state index contributed by atoms with van der Waals surface area (Å²) >= 11 is 1.28. The molecule has 7 heteroatoms. The monoisotopic (exact) mass is 274 g/mol. The van der Waals surface area contributed by atoms with Crippen LogP contribution in [0.5, 0.6) is 0 Å². The molecule has 1 aliphatic heterocycles. The van der Waals surface area contributed by atoms with E-state index in [0.29, 0.717) is 23.5 Å². The van der Waals surface area contributed by atoms with E-state index in [1.807, 2.05) is 0 Å². The highest BCUT2D eigenvalue weighted by molar-refractivity contribution is 7.91. The summed E-state index contributed by atoms with van der Waals surface area (Å²) in [6.07, 6.45) is 0.628. The minimum Gasteiger partial charge on any atom is -0.397 e. The quantitative estimate of drug-likeness (QED) is 0.839. The molecule has 1 aliphatic rings. The SMILES string of the molecule is Nc1ccsc1C(=O)NCC1CCS(=O)(=O)C1. The second-order valence-corrected chi connectivity index (χ2v) is 7.33. The predicted molar refractivity (Wildman–Crippen MR) is 67.8 cm³/mol. The van der Waals surface area contributed by atoms with Gasteiger partial charge in [-0.3, -0.25) is 4.79 Å². The molecule has 1 unspecified atom stereocenters. The summed E-state index contributed by atoms with van der Waals surface area (Å²) in [5.41, 5.74) is 6.09. The van der Waals surface area contributed by atoms with E-state index in [-0.39, 0.29) is 23.3 Å². The highest BCUT2D eigenvalue weighted by Crippen LogP contribution is 2.20. The summed E-state index contributed by atoms with van der Waals surface area (Å²) < 4.78 is 22.5. The largest absolute Gasteiger partial charge is 0.397 e. The molecule has 1 aromatic rings. The molecule has 5 nitrogen and oxygen atoms in total. The first kappa shape index (κ1) is 12.4. The lowest BCUT2D eigenvalue weighted by atomic mass is 10.1. The topological polar surface area (TPSA) is 89.3 Å². The molecule has 0 saturated carbocycles. The summed E-state index contributed by atoms with van der Waals surface area (Å²) in [5, 5.41) is 4.49. The van der Waals surface area contributed by atoms with Crippen molar-refractivity contribution in [2.75, 3.05) is 23.8 Å². The number of amides is 1. The van der Waals surface area contributed by atoms with Crippen LogP contribution in [0.3, 0.4) is 0 Å². The van der Waals surface area contributed by atoms with Gasteiger partial charge in [-0.05, 0) is 23.8 Å². The predicted octanol–water partition coefficient (Wildman–Crippen LogP) is 0.495. The van der Waals surface area contributed by atoms with Crippen LogP contribution in [0, 0.1) is 5.92 Å². The van der Waals surface area contributed by atoms with Gasteiger partial charge in [-0.25, -0.2) is 8.42 Å². The zero-order valence-corrected chi connectivity index (χ0v) is 10.8. The lowest BCUT2D eigenvalue weighted by Crippen LogP contribution is -2.29.